The number of benzene rings is 5. The molecule has 0 spiro atoms. The Bertz CT molecular complexity index is 5220. The van der Waals surface area contributed by atoms with Crippen molar-refractivity contribution < 1.29 is 48.4 Å². The Morgan fingerprint density at radius 3 is 1.20 bits per heavy atom. The highest BCUT2D eigenvalue weighted by atomic mass is 79.9. The van der Waals surface area contributed by atoms with Gasteiger partial charge in [-0.3, -0.25) is 15.6 Å². The topological polar surface area (TPSA) is 543 Å². The van der Waals surface area contributed by atoms with Crippen molar-refractivity contribution in [2.45, 2.75) is 72.0 Å². The minimum atomic E-state index is -3.37. The van der Waals surface area contributed by atoms with E-state index in [4.69, 9.17) is 54.0 Å². The molecular formula is C64H62BrN21O11S3. The van der Waals surface area contributed by atoms with E-state index >= 15 is 0 Å². The molecule has 0 atom stereocenters. The van der Waals surface area contributed by atoms with E-state index in [-0.39, 0.29) is 90.1 Å². The Morgan fingerprint density at radius 2 is 0.840 bits per heavy atom. The van der Waals surface area contributed by atoms with Gasteiger partial charge in [-0.1, -0.05) is 48.5 Å². The summed E-state index contributed by atoms with van der Waals surface area (Å²) in [6.07, 6.45) is 5.78. The van der Waals surface area contributed by atoms with E-state index in [0.29, 0.717) is 60.6 Å². The van der Waals surface area contributed by atoms with Gasteiger partial charge in [0, 0.05) is 33.4 Å². The molecule has 0 saturated carbocycles. The van der Waals surface area contributed by atoms with Gasteiger partial charge >= 0.3 is 5.97 Å². The molecule has 6 heterocycles. The molecule has 1 amide bonds. The molecule has 0 aliphatic carbocycles. The lowest BCUT2D eigenvalue weighted by Gasteiger charge is -2.09. The number of nitrogen functional groups attached to an aromatic ring is 6. The van der Waals surface area contributed by atoms with Crippen LogP contribution in [0.25, 0.3) is 79.8 Å². The molecule has 0 bridgehead atoms. The Labute approximate surface area is 580 Å². The third-order valence-corrected chi connectivity index (χ3v) is 21.0. The van der Waals surface area contributed by atoms with Gasteiger partial charge in [-0.25, -0.2) is 75.8 Å². The van der Waals surface area contributed by atoms with Crippen molar-refractivity contribution in [1.82, 2.24) is 65.7 Å². The zero-order chi connectivity index (χ0) is 73.0. The number of carbonyl (C=O) groups is 2. The largest absolute Gasteiger partial charge is 0.464 e. The van der Waals surface area contributed by atoms with Crippen LogP contribution in [0.4, 0.5) is 23.3 Å². The predicted octanol–water partition coefficient (Wildman–Crippen LogP) is 7.52. The molecule has 32 nitrogen and oxygen atoms in total. The molecule has 11 rings (SSSR count). The van der Waals surface area contributed by atoms with E-state index in [9.17, 15) is 34.8 Å². The van der Waals surface area contributed by atoms with E-state index in [1.54, 1.807) is 126 Å². The number of halogens is 1. The second-order valence-electron chi connectivity index (χ2n) is 21.7. The fourth-order valence-electron chi connectivity index (χ4n) is 8.40. The molecule has 36 heteroatoms. The van der Waals surface area contributed by atoms with Gasteiger partial charge in [0.1, 0.15) is 10.4 Å². The van der Waals surface area contributed by atoms with Gasteiger partial charge < -0.3 is 42.2 Å². The summed E-state index contributed by atoms with van der Waals surface area (Å²) in [6.45, 7) is 9.78. The number of methoxy groups -OCH3 is 1. The Hall–Kier alpha value is -11.9. The molecule has 0 aliphatic rings. The number of anilines is 4. The van der Waals surface area contributed by atoms with Gasteiger partial charge in [-0.05, 0) is 130 Å². The van der Waals surface area contributed by atoms with Crippen LogP contribution in [0.5, 0.6) is 0 Å². The van der Waals surface area contributed by atoms with Crippen LogP contribution >= 0.6 is 15.9 Å². The van der Waals surface area contributed by atoms with Crippen LogP contribution in [0.15, 0.2) is 174 Å². The maximum atomic E-state index is 12.3. The summed E-state index contributed by atoms with van der Waals surface area (Å²) < 4.78 is 89.9. The third kappa shape index (κ3) is 17.3. The molecule has 0 unspecified atom stereocenters. The maximum absolute atomic E-state index is 12.3. The summed E-state index contributed by atoms with van der Waals surface area (Å²) in [7, 11) is -8.83. The summed E-state index contributed by atoms with van der Waals surface area (Å²) >= 11 is 3.06. The summed E-state index contributed by atoms with van der Waals surface area (Å²) in [4.78, 5) is 56.1. The Morgan fingerprint density at radius 1 is 0.500 bits per heavy atom. The molecule has 0 fully saturated rings. The Balaban J connectivity index is 0.000000178. The lowest BCUT2D eigenvalue weighted by atomic mass is 10.1. The van der Waals surface area contributed by atoms with E-state index in [2.05, 4.69) is 80.9 Å². The molecule has 0 aliphatic heterocycles. The monoisotopic (exact) mass is 1480 g/mol. The summed E-state index contributed by atoms with van der Waals surface area (Å²) in [5, 5.41) is 31.0. The van der Waals surface area contributed by atoms with Crippen molar-refractivity contribution in [3.8, 4) is 85.9 Å². The number of nitriles is 1. The number of amidine groups is 1. The van der Waals surface area contributed by atoms with E-state index < -0.39 is 57.1 Å². The van der Waals surface area contributed by atoms with Gasteiger partial charge in [0.25, 0.3) is 17.7 Å². The highest BCUT2D eigenvalue weighted by Gasteiger charge is 2.25. The van der Waals surface area contributed by atoms with Crippen molar-refractivity contribution in [3.63, 3.8) is 0 Å². The van der Waals surface area contributed by atoms with Crippen LogP contribution in [0.2, 0.25) is 0 Å². The minimum absolute atomic E-state index is 0.0203. The van der Waals surface area contributed by atoms with Gasteiger partial charge in [0.05, 0.1) is 91.0 Å². The predicted molar refractivity (Wildman–Crippen MR) is 373 cm³/mol. The number of amides is 1. The molecule has 514 valence electrons. The number of aromatic nitrogens is 12. The SMILES string of the molecule is CC(C)S(=O)(=O)c1ccc(-c2cnc(N)c(-c3nnc(-c4ccc(C#N)cc4)o3)n2)cc1.CC(C)S(=O)(=O)c1ccc(-c2cnc(N)c(-c3nnc(-c4ccc(C(=N)N)cc4)o3)n2)cc1.CC(C)S(=O)(=O)c1ccc(-c2cnc(N)c(C(=O)NN)n2)cc1.COC(=O)c1nc(Br)cnc1N. The maximum Gasteiger partial charge on any atom is 0.360 e. The average Bonchev–Trinajstić information content (AvgIpc) is 1.42. The van der Waals surface area contributed by atoms with Crippen LogP contribution in [-0.2, 0) is 34.2 Å². The van der Waals surface area contributed by atoms with Gasteiger partial charge in [0.15, 0.2) is 75.6 Å². The number of carbonyl (C=O) groups excluding carboxylic acids is 2. The zero-order valence-electron chi connectivity index (χ0n) is 54.0. The first-order valence-corrected chi connectivity index (χ1v) is 34.7. The smallest absolute Gasteiger partial charge is 0.360 e. The number of hydrogen-bond acceptors (Lipinski definition) is 30. The lowest BCUT2D eigenvalue weighted by molar-refractivity contribution is 0.0594. The van der Waals surface area contributed by atoms with Crippen LogP contribution in [0.3, 0.4) is 0 Å². The molecule has 14 N–H and O–H groups in total. The lowest BCUT2D eigenvalue weighted by Crippen LogP contribution is -2.31. The van der Waals surface area contributed by atoms with Crippen LogP contribution in [0, 0.1) is 16.7 Å². The van der Waals surface area contributed by atoms with E-state index in [0.717, 1.165) is 0 Å². The molecule has 100 heavy (non-hydrogen) atoms. The number of ether oxygens (including phenoxy) is 1. The zero-order valence-corrected chi connectivity index (χ0v) is 58.0. The summed E-state index contributed by atoms with van der Waals surface area (Å²) in [5.74, 6) is 4.69. The first-order chi connectivity index (χ1) is 47.4. The fraction of sp³-hybridized carbons (Fsp3) is 0.156. The van der Waals surface area contributed by atoms with Crippen LogP contribution in [0.1, 0.15) is 73.6 Å². The average molecular weight is 1480 g/mol. The minimum Gasteiger partial charge on any atom is -0.464 e. The first kappa shape index (κ1) is 73.9. The molecule has 11 aromatic rings. The van der Waals surface area contributed by atoms with E-state index in [1.165, 1.54) is 68.3 Å². The number of esters is 1. The first-order valence-electron chi connectivity index (χ1n) is 29.3. The van der Waals surface area contributed by atoms with Gasteiger partial charge in [-0.2, -0.15) is 5.26 Å². The summed E-state index contributed by atoms with van der Waals surface area (Å²) in [5.41, 5.74) is 36.3. The number of sulfone groups is 3. The van der Waals surface area contributed by atoms with E-state index in [1.807, 2.05) is 11.5 Å². The van der Waals surface area contributed by atoms with Crippen LogP contribution in [-0.4, -0.2) is 126 Å². The van der Waals surface area contributed by atoms with Crippen molar-refractivity contribution in [3.05, 3.63) is 173 Å². The fourth-order valence-corrected chi connectivity index (χ4v) is 11.9. The highest BCUT2D eigenvalue weighted by Crippen LogP contribution is 2.32. The molecule has 0 saturated heterocycles. The van der Waals surface area contributed by atoms with Crippen molar-refractivity contribution in [1.29, 1.82) is 10.7 Å². The standard InChI is InChI=1S/C22H21N7O3S.C22H18N6O3S.C14H17N5O3S.C6H6BrN3O2/c1-12(2)33(30,31)16-9-7-13(8-10-16)17-11-26-20(25)18(27-17)22-29-28-21(32-22)15-5-3-14(4-6-15)19(23)24;1-13(2)32(29,30)17-9-7-15(8-10-17)18-12-25-20(24)19(26-18)22-28-27-21(31-22)16-5-3-14(11-23)4-6-16;1-8(2)23(21,22)10-5-3-9(4-6-10)11-7-17-13(15)12(18-11)14(20)19-16;1-12-6(11)4-5(8)9-2-3(7)10-4/h3-12H,1-2H3,(H3,23,24)(H2,25,26);3-10,12-13H,1-2H3,(H2,24,25);3-8H,16H2,1-2H3,(H2,15,17)(H,19,20);2H,1H3,(H2,8,9). The highest BCUT2D eigenvalue weighted by molar-refractivity contribution is 9.10. The van der Waals surface area contributed by atoms with Crippen molar-refractivity contribution in [2.24, 2.45) is 11.6 Å². The second-order valence-corrected chi connectivity index (χ2v) is 30.0. The number of nitrogens with two attached hydrogens (primary N) is 6. The molecule has 5 aromatic carbocycles. The third-order valence-electron chi connectivity index (χ3n) is 14.2. The van der Waals surface area contributed by atoms with Crippen LogP contribution < -0.4 is 39.9 Å². The number of hydrazine groups is 1. The van der Waals surface area contributed by atoms with Crippen molar-refractivity contribution >= 4 is 86.4 Å². The van der Waals surface area contributed by atoms with Crippen molar-refractivity contribution in [2.75, 3.05) is 30.0 Å². The number of rotatable bonds is 16. The molecule has 0 radical (unpaired) electrons. The number of nitrogens with one attached hydrogen (secondary N) is 2. The summed E-state index contributed by atoms with van der Waals surface area (Å²) in [6, 6.07) is 34.5. The molecule has 6 aromatic heterocycles. The second kappa shape index (κ2) is 31.5. The Kier molecular flexibility index (Phi) is 23.3. The van der Waals surface area contributed by atoms with Gasteiger partial charge in [0.2, 0.25) is 11.8 Å². The quantitative estimate of drug-likeness (QED) is 0.0116. The molecular weight excluding hydrogens is 1410 g/mol. The number of hydrogen-bond donors (Lipinski definition) is 8. The number of nitrogens with zero attached hydrogens (tertiary/aromatic N) is 13. The normalized spacial score (nSPS) is 11.3. The van der Waals surface area contributed by atoms with Gasteiger partial charge in [-0.15, -0.1) is 20.4 Å².